The van der Waals surface area contributed by atoms with Gasteiger partial charge in [-0.3, -0.25) is 0 Å². The van der Waals surface area contributed by atoms with E-state index >= 15 is 0 Å². The number of thiophene rings is 1. The third kappa shape index (κ3) is 3.32. The summed E-state index contributed by atoms with van der Waals surface area (Å²) >= 11 is 3.16. The number of hydrogen-bond donors (Lipinski definition) is 0. The van der Waals surface area contributed by atoms with E-state index in [9.17, 15) is 4.79 Å². The van der Waals surface area contributed by atoms with Gasteiger partial charge in [-0.25, -0.2) is 4.79 Å². The van der Waals surface area contributed by atoms with Crippen molar-refractivity contribution in [2.75, 3.05) is 7.11 Å². The van der Waals surface area contributed by atoms with E-state index in [0.717, 1.165) is 22.4 Å². The van der Waals surface area contributed by atoms with Crippen LogP contribution in [-0.4, -0.2) is 27.8 Å². The SMILES string of the molecule is CCn1c(SCc2ccc(C(=O)OC)o2)nnc1-c1cccs1. The molecule has 0 atom stereocenters. The van der Waals surface area contributed by atoms with Crippen molar-refractivity contribution in [2.45, 2.75) is 24.4 Å². The van der Waals surface area contributed by atoms with Crippen molar-refractivity contribution in [2.24, 2.45) is 0 Å². The van der Waals surface area contributed by atoms with Crippen molar-refractivity contribution < 1.29 is 13.9 Å². The highest BCUT2D eigenvalue weighted by atomic mass is 32.2. The molecule has 0 bridgehead atoms. The monoisotopic (exact) mass is 349 g/mol. The van der Waals surface area contributed by atoms with Gasteiger partial charge < -0.3 is 13.7 Å². The Labute approximate surface area is 141 Å². The maximum atomic E-state index is 11.4. The summed E-state index contributed by atoms with van der Waals surface area (Å²) in [6.07, 6.45) is 0. The summed E-state index contributed by atoms with van der Waals surface area (Å²) in [5.41, 5.74) is 0. The van der Waals surface area contributed by atoms with E-state index in [1.54, 1.807) is 23.5 Å². The summed E-state index contributed by atoms with van der Waals surface area (Å²) in [7, 11) is 1.33. The largest absolute Gasteiger partial charge is 0.463 e. The Balaban J connectivity index is 1.73. The number of ether oxygens (including phenoxy) is 1. The lowest BCUT2D eigenvalue weighted by Gasteiger charge is -2.05. The fourth-order valence-corrected chi connectivity index (χ4v) is 3.68. The fraction of sp³-hybridized carbons (Fsp3) is 0.267. The third-order valence-electron chi connectivity index (χ3n) is 3.17. The van der Waals surface area contributed by atoms with Crippen molar-refractivity contribution in [3.05, 3.63) is 41.2 Å². The molecule has 120 valence electrons. The second-order valence-corrected chi connectivity index (χ2v) is 6.46. The Kier molecular flexibility index (Phi) is 4.82. The standard InChI is InChI=1S/C15H15N3O3S2/c1-3-18-13(12-5-4-8-22-12)16-17-15(18)23-9-10-6-7-11(21-10)14(19)20-2/h4-8H,3,9H2,1-2H3. The first-order valence-electron chi connectivity index (χ1n) is 6.99. The Morgan fingerprint density at radius 2 is 2.26 bits per heavy atom. The molecule has 6 nitrogen and oxygen atoms in total. The number of hydrogen-bond acceptors (Lipinski definition) is 7. The van der Waals surface area contributed by atoms with E-state index in [0.29, 0.717) is 11.5 Å². The maximum absolute atomic E-state index is 11.4. The molecule has 0 radical (unpaired) electrons. The number of rotatable bonds is 6. The minimum Gasteiger partial charge on any atom is -0.463 e. The first-order valence-corrected chi connectivity index (χ1v) is 8.86. The van der Waals surface area contributed by atoms with Crippen LogP contribution in [0.3, 0.4) is 0 Å². The number of methoxy groups -OCH3 is 1. The molecule has 0 aliphatic heterocycles. The van der Waals surface area contributed by atoms with Gasteiger partial charge in [0.15, 0.2) is 11.0 Å². The molecule has 0 saturated carbocycles. The normalized spacial score (nSPS) is 10.9. The molecule has 0 N–H and O–H groups in total. The van der Waals surface area contributed by atoms with Crippen molar-refractivity contribution in [3.8, 4) is 10.7 Å². The van der Waals surface area contributed by atoms with Gasteiger partial charge in [-0.1, -0.05) is 17.8 Å². The van der Waals surface area contributed by atoms with Gasteiger partial charge in [0.2, 0.25) is 5.76 Å². The van der Waals surface area contributed by atoms with Gasteiger partial charge in [0.25, 0.3) is 0 Å². The van der Waals surface area contributed by atoms with Crippen LogP contribution in [0.4, 0.5) is 0 Å². The van der Waals surface area contributed by atoms with Crippen LogP contribution < -0.4 is 0 Å². The Morgan fingerprint density at radius 3 is 2.96 bits per heavy atom. The average molecular weight is 349 g/mol. The zero-order valence-electron chi connectivity index (χ0n) is 12.7. The molecular weight excluding hydrogens is 334 g/mol. The molecule has 3 aromatic rings. The molecule has 0 aliphatic carbocycles. The van der Waals surface area contributed by atoms with E-state index < -0.39 is 5.97 Å². The van der Waals surface area contributed by atoms with Crippen LogP contribution in [0.15, 0.2) is 39.2 Å². The van der Waals surface area contributed by atoms with E-state index in [2.05, 4.69) is 26.4 Å². The lowest BCUT2D eigenvalue weighted by atomic mass is 10.4. The van der Waals surface area contributed by atoms with Gasteiger partial charge in [0.05, 0.1) is 17.7 Å². The minimum absolute atomic E-state index is 0.208. The van der Waals surface area contributed by atoms with Crippen LogP contribution in [-0.2, 0) is 17.0 Å². The molecule has 0 fully saturated rings. The number of thioether (sulfide) groups is 1. The fourth-order valence-electron chi connectivity index (χ4n) is 2.07. The van der Waals surface area contributed by atoms with Crippen molar-refractivity contribution >= 4 is 29.1 Å². The van der Waals surface area contributed by atoms with Crippen LogP contribution >= 0.6 is 23.1 Å². The minimum atomic E-state index is -0.474. The smallest absolute Gasteiger partial charge is 0.373 e. The van der Waals surface area contributed by atoms with Crippen molar-refractivity contribution in [1.29, 1.82) is 0 Å². The first kappa shape index (κ1) is 15.8. The highest BCUT2D eigenvalue weighted by Gasteiger charge is 2.16. The molecule has 3 heterocycles. The highest BCUT2D eigenvalue weighted by Crippen LogP contribution is 2.29. The molecule has 0 unspecified atom stereocenters. The maximum Gasteiger partial charge on any atom is 0.373 e. The Hall–Kier alpha value is -2.06. The van der Waals surface area contributed by atoms with Gasteiger partial charge in [0.1, 0.15) is 5.76 Å². The predicted molar refractivity (Wildman–Crippen MR) is 88.6 cm³/mol. The summed E-state index contributed by atoms with van der Waals surface area (Å²) in [5.74, 6) is 1.87. The number of nitrogens with zero attached hydrogens (tertiary/aromatic N) is 3. The van der Waals surface area contributed by atoms with Gasteiger partial charge in [-0.05, 0) is 30.5 Å². The van der Waals surface area contributed by atoms with Crippen molar-refractivity contribution in [1.82, 2.24) is 14.8 Å². The summed E-state index contributed by atoms with van der Waals surface area (Å²) in [5, 5.41) is 11.4. The highest BCUT2D eigenvalue weighted by molar-refractivity contribution is 7.98. The number of esters is 1. The van der Waals surface area contributed by atoms with Crippen LogP contribution in [0.25, 0.3) is 10.7 Å². The number of aromatic nitrogens is 3. The lowest BCUT2D eigenvalue weighted by Crippen LogP contribution is -1.99. The lowest BCUT2D eigenvalue weighted by molar-refractivity contribution is 0.0563. The first-order chi connectivity index (χ1) is 11.2. The summed E-state index contributed by atoms with van der Waals surface area (Å²) in [6, 6.07) is 7.42. The zero-order valence-corrected chi connectivity index (χ0v) is 14.3. The second-order valence-electron chi connectivity index (χ2n) is 4.57. The molecule has 23 heavy (non-hydrogen) atoms. The molecule has 8 heteroatoms. The molecule has 3 aromatic heterocycles. The van der Waals surface area contributed by atoms with E-state index in [1.165, 1.54) is 18.9 Å². The molecule has 0 saturated heterocycles. The van der Waals surface area contributed by atoms with Crippen molar-refractivity contribution in [3.63, 3.8) is 0 Å². The van der Waals surface area contributed by atoms with Gasteiger partial charge in [-0.2, -0.15) is 0 Å². The van der Waals surface area contributed by atoms with Gasteiger partial charge in [-0.15, -0.1) is 21.5 Å². The summed E-state index contributed by atoms with van der Waals surface area (Å²) < 4.78 is 12.2. The molecule has 0 amide bonds. The molecule has 3 rings (SSSR count). The van der Waals surface area contributed by atoms with Crippen LogP contribution in [0.2, 0.25) is 0 Å². The van der Waals surface area contributed by atoms with Crippen LogP contribution in [0.5, 0.6) is 0 Å². The molecular formula is C15H15N3O3S2. The molecule has 0 spiro atoms. The van der Waals surface area contributed by atoms with Crippen LogP contribution in [0.1, 0.15) is 23.2 Å². The number of carbonyl (C=O) groups is 1. The topological polar surface area (TPSA) is 70.2 Å². The number of carbonyl (C=O) groups excluding carboxylic acids is 1. The Bertz CT molecular complexity index is 793. The summed E-state index contributed by atoms with van der Waals surface area (Å²) in [4.78, 5) is 12.5. The quantitative estimate of drug-likeness (QED) is 0.499. The van der Waals surface area contributed by atoms with Gasteiger partial charge in [0, 0.05) is 6.54 Å². The zero-order chi connectivity index (χ0) is 16.2. The number of furan rings is 1. The second kappa shape index (κ2) is 7.01. The summed E-state index contributed by atoms with van der Waals surface area (Å²) in [6.45, 7) is 2.85. The Morgan fingerprint density at radius 1 is 1.39 bits per heavy atom. The van der Waals surface area contributed by atoms with E-state index in [4.69, 9.17) is 4.42 Å². The van der Waals surface area contributed by atoms with E-state index in [1.807, 2.05) is 17.5 Å². The van der Waals surface area contributed by atoms with Crippen LogP contribution in [0, 0.1) is 0 Å². The third-order valence-corrected chi connectivity index (χ3v) is 5.02. The molecule has 0 aliphatic rings. The van der Waals surface area contributed by atoms with Gasteiger partial charge >= 0.3 is 5.97 Å². The predicted octanol–water partition coefficient (Wildman–Crippen LogP) is 3.70. The van der Waals surface area contributed by atoms with E-state index in [-0.39, 0.29) is 5.76 Å². The average Bonchev–Trinajstić information content (AvgIpc) is 3.30. The molecule has 0 aromatic carbocycles.